The van der Waals surface area contributed by atoms with Crippen molar-refractivity contribution >= 4 is 23.2 Å². The normalized spacial score (nSPS) is 16.2. The Bertz CT molecular complexity index is 730. The van der Waals surface area contributed by atoms with E-state index in [2.05, 4.69) is 10.2 Å². The minimum absolute atomic E-state index is 0.00542. The molecule has 5 heteroatoms. The lowest BCUT2D eigenvalue weighted by atomic mass is 10.0. The first-order chi connectivity index (χ1) is 12.6. The highest BCUT2D eigenvalue weighted by Gasteiger charge is 2.16. The van der Waals surface area contributed by atoms with Gasteiger partial charge in [0.15, 0.2) is 0 Å². The molecule has 1 heterocycles. The van der Waals surface area contributed by atoms with Gasteiger partial charge in [-0.2, -0.15) is 0 Å². The van der Waals surface area contributed by atoms with Crippen LogP contribution < -0.4 is 5.32 Å². The number of anilines is 1. The molecule has 0 aliphatic carbocycles. The van der Waals surface area contributed by atoms with Gasteiger partial charge in [0.25, 0.3) is 0 Å². The van der Waals surface area contributed by atoms with E-state index in [0.717, 1.165) is 56.1 Å². The maximum atomic E-state index is 12.5. The first-order valence-electron chi connectivity index (χ1n) is 9.05. The van der Waals surface area contributed by atoms with Crippen LogP contribution in [-0.4, -0.2) is 37.1 Å². The zero-order chi connectivity index (χ0) is 18.4. The highest BCUT2D eigenvalue weighted by molar-refractivity contribution is 6.31. The molecule has 0 spiro atoms. The van der Waals surface area contributed by atoms with Crippen molar-refractivity contribution in [2.24, 2.45) is 5.92 Å². The number of carbonyl (C=O) groups is 1. The molecular formula is C21H25ClN2O2. The lowest BCUT2D eigenvalue weighted by Crippen LogP contribution is -2.35. The molecule has 26 heavy (non-hydrogen) atoms. The van der Waals surface area contributed by atoms with Crippen LogP contribution >= 0.6 is 11.6 Å². The summed E-state index contributed by atoms with van der Waals surface area (Å²) in [6.07, 6.45) is 0.718. The van der Waals surface area contributed by atoms with Crippen molar-refractivity contribution in [3.8, 4) is 0 Å². The molecule has 1 N–H and O–H groups in total. The number of benzene rings is 2. The Morgan fingerprint density at radius 2 is 1.92 bits per heavy atom. The summed E-state index contributed by atoms with van der Waals surface area (Å²) in [4.78, 5) is 14.8. The van der Waals surface area contributed by atoms with Gasteiger partial charge in [0.2, 0.25) is 5.91 Å². The van der Waals surface area contributed by atoms with Crippen molar-refractivity contribution in [2.45, 2.75) is 19.9 Å². The molecule has 2 aromatic carbocycles. The summed E-state index contributed by atoms with van der Waals surface area (Å²) in [5.41, 5.74) is 2.98. The molecule has 138 valence electrons. The van der Waals surface area contributed by atoms with Gasteiger partial charge in [0.1, 0.15) is 0 Å². The van der Waals surface area contributed by atoms with Crippen molar-refractivity contribution in [2.75, 3.05) is 31.6 Å². The van der Waals surface area contributed by atoms with E-state index < -0.39 is 0 Å². The van der Waals surface area contributed by atoms with E-state index in [4.69, 9.17) is 16.3 Å². The SMILES string of the molecule is CC(Cc1ccccc1)C(=O)Nc1ccc(CN2CCOCC2)c(Cl)c1. The molecule has 0 radical (unpaired) electrons. The van der Waals surface area contributed by atoms with Crippen molar-refractivity contribution in [1.29, 1.82) is 0 Å². The lowest BCUT2D eigenvalue weighted by Gasteiger charge is -2.27. The van der Waals surface area contributed by atoms with Crippen LogP contribution in [0.1, 0.15) is 18.1 Å². The van der Waals surface area contributed by atoms with E-state index in [1.54, 1.807) is 0 Å². The zero-order valence-electron chi connectivity index (χ0n) is 15.1. The van der Waals surface area contributed by atoms with Crippen molar-refractivity contribution in [3.05, 3.63) is 64.7 Å². The maximum absolute atomic E-state index is 12.5. The highest BCUT2D eigenvalue weighted by Crippen LogP contribution is 2.23. The predicted molar refractivity (Wildman–Crippen MR) is 105 cm³/mol. The molecule has 1 amide bonds. The number of hydrogen-bond donors (Lipinski definition) is 1. The van der Waals surface area contributed by atoms with Crippen LogP contribution in [0, 0.1) is 5.92 Å². The second kappa shape index (κ2) is 9.17. The number of nitrogens with zero attached hydrogens (tertiary/aromatic N) is 1. The average molecular weight is 373 g/mol. The summed E-state index contributed by atoms with van der Waals surface area (Å²) in [6, 6.07) is 15.8. The zero-order valence-corrected chi connectivity index (χ0v) is 15.8. The van der Waals surface area contributed by atoms with E-state index in [1.165, 1.54) is 0 Å². The topological polar surface area (TPSA) is 41.6 Å². The van der Waals surface area contributed by atoms with E-state index in [1.807, 2.05) is 55.5 Å². The number of morpholine rings is 1. The fourth-order valence-corrected chi connectivity index (χ4v) is 3.32. The Labute approximate surface area is 160 Å². The molecule has 2 aromatic rings. The van der Waals surface area contributed by atoms with Gasteiger partial charge in [0, 0.05) is 36.3 Å². The molecule has 0 saturated carbocycles. The standard InChI is InChI=1S/C21H25ClN2O2/c1-16(13-17-5-3-2-4-6-17)21(25)23-19-8-7-18(20(22)14-19)15-24-9-11-26-12-10-24/h2-8,14,16H,9-13,15H2,1H3,(H,23,25). The van der Waals surface area contributed by atoms with E-state index in [0.29, 0.717) is 5.02 Å². The molecule has 0 bridgehead atoms. The fraction of sp³-hybridized carbons (Fsp3) is 0.381. The van der Waals surface area contributed by atoms with Crippen molar-refractivity contribution in [1.82, 2.24) is 4.90 Å². The van der Waals surface area contributed by atoms with Gasteiger partial charge < -0.3 is 10.1 Å². The van der Waals surface area contributed by atoms with Crippen LogP contribution in [0.3, 0.4) is 0 Å². The number of nitrogens with one attached hydrogen (secondary N) is 1. The molecule has 1 unspecified atom stereocenters. The van der Waals surface area contributed by atoms with Gasteiger partial charge in [-0.05, 0) is 29.7 Å². The van der Waals surface area contributed by atoms with Crippen molar-refractivity contribution in [3.63, 3.8) is 0 Å². The van der Waals surface area contributed by atoms with Gasteiger partial charge in [-0.3, -0.25) is 9.69 Å². The summed E-state index contributed by atoms with van der Waals surface area (Å²) in [6.45, 7) is 6.13. The smallest absolute Gasteiger partial charge is 0.227 e. The molecule has 1 aliphatic heterocycles. The van der Waals surface area contributed by atoms with Crippen molar-refractivity contribution < 1.29 is 9.53 Å². The monoisotopic (exact) mass is 372 g/mol. The van der Waals surface area contributed by atoms with Gasteiger partial charge in [-0.25, -0.2) is 0 Å². The molecule has 4 nitrogen and oxygen atoms in total. The summed E-state index contributed by atoms with van der Waals surface area (Å²) in [5, 5.41) is 3.66. The second-order valence-electron chi connectivity index (χ2n) is 6.77. The summed E-state index contributed by atoms with van der Waals surface area (Å²) in [5.74, 6) is -0.102. The number of hydrogen-bond acceptors (Lipinski definition) is 3. The molecule has 1 aliphatic rings. The number of carbonyl (C=O) groups excluding carboxylic acids is 1. The van der Waals surface area contributed by atoms with Crippen LogP contribution in [0.5, 0.6) is 0 Å². The Kier molecular flexibility index (Phi) is 6.67. The third-order valence-electron chi connectivity index (χ3n) is 4.65. The van der Waals surface area contributed by atoms with Crippen LogP contribution in [0.15, 0.2) is 48.5 Å². The van der Waals surface area contributed by atoms with Crippen LogP contribution in [0.4, 0.5) is 5.69 Å². The highest BCUT2D eigenvalue weighted by atomic mass is 35.5. The number of rotatable bonds is 6. The van der Waals surface area contributed by atoms with Gasteiger partial charge in [-0.15, -0.1) is 0 Å². The summed E-state index contributed by atoms with van der Waals surface area (Å²) >= 11 is 6.43. The molecule has 1 atom stereocenters. The Morgan fingerprint density at radius 3 is 2.62 bits per heavy atom. The van der Waals surface area contributed by atoms with E-state index >= 15 is 0 Å². The fourth-order valence-electron chi connectivity index (χ4n) is 3.08. The molecule has 1 saturated heterocycles. The maximum Gasteiger partial charge on any atom is 0.227 e. The number of ether oxygens (including phenoxy) is 1. The molecule has 0 aromatic heterocycles. The van der Waals surface area contributed by atoms with E-state index in [9.17, 15) is 4.79 Å². The van der Waals surface area contributed by atoms with Gasteiger partial charge in [-0.1, -0.05) is 54.9 Å². The van der Waals surface area contributed by atoms with Gasteiger partial charge >= 0.3 is 0 Å². The first-order valence-corrected chi connectivity index (χ1v) is 9.43. The average Bonchev–Trinajstić information content (AvgIpc) is 2.65. The number of halogens is 1. The van der Waals surface area contributed by atoms with Crippen LogP contribution in [0.25, 0.3) is 0 Å². The largest absolute Gasteiger partial charge is 0.379 e. The summed E-state index contributed by atoms with van der Waals surface area (Å²) < 4.78 is 5.37. The molecule has 1 fully saturated rings. The minimum atomic E-state index is -0.107. The molecular weight excluding hydrogens is 348 g/mol. The number of amides is 1. The molecule has 3 rings (SSSR count). The van der Waals surface area contributed by atoms with Crippen LogP contribution in [0.2, 0.25) is 5.02 Å². The third-order valence-corrected chi connectivity index (χ3v) is 5.00. The van der Waals surface area contributed by atoms with Crippen LogP contribution in [-0.2, 0) is 22.5 Å². The lowest BCUT2D eigenvalue weighted by molar-refractivity contribution is -0.119. The minimum Gasteiger partial charge on any atom is -0.379 e. The third kappa shape index (κ3) is 5.31. The summed E-state index contributed by atoms with van der Waals surface area (Å²) in [7, 11) is 0. The first kappa shape index (κ1) is 18.9. The second-order valence-corrected chi connectivity index (χ2v) is 7.18. The Morgan fingerprint density at radius 1 is 1.19 bits per heavy atom. The predicted octanol–water partition coefficient (Wildman–Crippen LogP) is 3.99. The Balaban J connectivity index is 1.57. The van der Waals surface area contributed by atoms with Gasteiger partial charge in [0.05, 0.1) is 13.2 Å². The van der Waals surface area contributed by atoms with E-state index in [-0.39, 0.29) is 11.8 Å². The quantitative estimate of drug-likeness (QED) is 0.833. The Hall–Kier alpha value is -1.88.